The molecule has 1 amide bonds. The van der Waals surface area contributed by atoms with Gasteiger partial charge in [0.15, 0.2) is 0 Å². The number of carbonyl (C=O) groups is 1. The SMILES string of the molecule is CC(CSc1cnccn1)C(=O)NN. The monoisotopic (exact) mass is 212 g/mol. The van der Waals surface area contributed by atoms with Gasteiger partial charge in [-0.1, -0.05) is 6.92 Å². The number of nitrogens with zero attached hydrogens (tertiary/aromatic N) is 2. The van der Waals surface area contributed by atoms with E-state index in [2.05, 4.69) is 15.4 Å². The standard InChI is InChI=1S/C8H12N4OS/c1-6(8(13)12-9)5-14-7-4-10-2-3-11-7/h2-4,6H,5,9H2,1H3,(H,12,13). The molecule has 0 radical (unpaired) electrons. The van der Waals surface area contributed by atoms with Gasteiger partial charge in [-0.25, -0.2) is 10.8 Å². The van der Waals surface area contributed by atoms with E-state index in [1.54, 1.807) is 18.6 Å². The molecule has 1 atom stereocenters. The van der Waals surface area contributed by atoms with Gasteiger partial charge in [0.2, 0.25) is 5.91 Å². The smallest absolute Gasteiger partial charge is 0.237 e. The molecule has 1 aromatic rings. The molecular formula is C8H12N4OS. The van der Waals surface area contributed by atoms with E-state index in [4.69, 9.17) is 5.84 Å². The first kappa shape index (κ1) is 10.9. The Morgan fingerprint density at radius 1 is 1.71 bits per heavy atom. The maximum atomic E-state index is 11.0. The Bertz CT molecular complexity index is 293. The molecule has 1 rings (SSSR count). The molecule has 1 unspecified atom stereocenters. The first-order valence-electron chi connectivity index (χ1n) is 4.13. The summed E-state index contributed by atoms with van der Waals surface area (Å²) in [6, 6.07) is 0. The van der Waals surface area contributed by atoms with Crippen LogP contribution in [0.1, 0.15) is 6.92 Å². The summed E-state index contributed by atoms with van der Waals surface area (Å²) in [6.45, 7) is 1.81. The normalized spacial score (nSPS) is 12.1. The molecule has 1 aromatic heterocycles. The number of nitrogens with two attached hydrogens (primary N) is 1. The van der Waals surface area contributed by atoms with Gasteiger partial charge in [-0.2, -0.15) is 0 Å². The number of hydrazine groups is 1. The zero-order valence-electron chi connectivity index (χ0n) is 7.80. The Balaban J connectivity index is 2.38. The topological polar surface area (TPSA) is 80.9 Å². The number of aromatic nitrogens is 2. The van der Waals surface area contributed by atoms with Crippen LogP contribution in [0.3, 0.4) is 0 Å². The second kappa shape index (κ2) is 5.56. The Morgan fingerprint density at radius 3 is 3.07 bits per heavy atom. The van der Waals surface area contributed by atoms with Crippen molar-refractivity contribution in [1.82, 2.24) is 15.4 Å². The predicted molar refractivity (Wildman–Crippen MR) is 54.3 cm³/mol. The number of rotatable bonds is 4. The van der Waals surface area contributed by atoms with Gasteiger partial charge in [0.25, 0.3) is 0 Å². The second-order valence-electron chi connectivity index (χ2n) is 2.76. The Labute approximate surface area is 86.5 Å². The predicted octanol–water partition coefficient (Wildman–Crippen LogP) is 0.195. The van der Waals surface area contributed by atoms with Gasteiger partial charge in [0.05, 0.1) is 6.20 Å². The van der Waals surface area contributed by atoms with Crippen molar-refractivity contribution in [1.29, 1.82) is 0 Å². The highest BCUT2D eigenvalue weighted by Crippen LogP contribution is 2.16. The molecule has 14 heavy (non-hydrogen) atoms. The van der Waals surface area contributed by atoms with Crippen molar-refractivity contribution in [3.63, 3.8) is 0 Å². The zero-order valence-corrected chi connectivity index (χ0v) is 8.62. The lowest BCUT2D eigenvalue weighted by Gasteiger charge is -2.07. The van der Waals surface area contributed by atoms with Crippen molar-refractivity contribution in [2.75, 3.05) is 5.75 Å². The fourth-order valence-electron chi connectivity index (χ4n) is 0.788. The van der Waals surface area contributed by atoms with E-state index < -0.39 is 0 Å². The molecule has 6 heteroatoms. The zero-order chi connectivity index (χ0) is 10.4. The molecule has 0 aliphatic heterocycles. The summed E-state index contributed by atoms with van der Waals surface area (Å²) in [6.07, 6.45) is 4.90. The third-order valence-corrected chi connectivity index (χ3v) is 2.78. The summed E-state index contributed by atoms with van der Waals surface area (Å²) in [5.74, 6) is 5.35. The number of amides is 1. The van der Waals surface area contributed by atoms with Crippen LogP contribution in [-0.2, 0) is 4.79 Å². The summed E-state index contributed by atoms with van der Waals surface area (Å²) in [5.41, 5.74) is 2.11. The molecule has 0 saturated heterocycles. The van der Waals surface area contributed by atoms with E-state index in [0.29, 0.717) is 5.75 Å². The van der Waals surface area contributed by atoms with Crippen LogP contribution in [0.5, 0.6) is 0 Å². The fourth-order valence-corrected chi connectivity index (χ4v) is 1.63. The van der Waals surface area contributed by atoms with Crippen molar-refractivity contribution in [3.8, 4) is 0 Å². The molecule has 5 nitrogen and oxygen atoms in total. The van der Waals surface area contributed by atoms with Crippen molar-refractivity contribution in [2.45, 2.75) is 11.9 Å². The van der Waals surface area contributed by atoms with Crippen molar-refractivity contribution in [3.05, 3.63) is 18.6 Å². The van der Waals surface area contributed by atoms with Gasteiger partial charge in [-0.05, 0) is 0 Å². The molecule has 0 saturated carbocycles. The van der Waals surface area contributed by atoms with Crippen LogP contribution in [0.4, 0.5) is 0 Å². The summed E-state index contributed by atoms with van der Waals surface area (Å²) in [7, 11) is 0. The number of carbonyl (C=O) groups excluding carboxylic acids is 1. The van der Waals surface area contributed by atoms with Crippen molar-refractivity contribution < 1.29 is 4.79 Å². The van der Waals surface area contributed by atoms with Crippen LogP contribution in [0, 0.1) is 5.92 Å². The van der Waals surface area contributed by atoms with E-state index in [0.717, 1.165) is 5.03 Å². The molecule has 3 N–H and O–H groups in total. The van der Waals surface area contributed by atoms with Crippen LogP contribution >= 0.6 is 11.8 Å². The first-order valence-corrected chi connectivity index (χ1v) is 5.12. The maximum Gasteiger partial charge on any atom is 0.237 e. The number of hydrogen-bond donors (Lipinski definition) is 2. The van der Waals surface area contributed by atoms with Gasteiger partial charge in [0.1, 0.15) is 5.03 Å². The van der Waals surface area contributed by atoms with Gasteiger partial charge in [0, 0.05) is 24.1 Å². The Morgan fingerprint density at radius 2 is 2.50 bits per heavy atom. The highest BCUT2D eigenvalue weighted by Gasteiger charge is 2.11. The first-order chi connectivity index (χ1) is 6.74. The van der Waals surface area contributed by atoms with Crippen molar-refractivity contribution in [2.24, 2.45) is 11.8 Å². The Kier molecular flexibility index (Phi) is 4.34. The van der Waals surface area contributed by atoms with Gasteiger partial charge >= 0.3 is 0 Å². The minimum atomic E-state index is -0.165. The molecule has 0 aliphatic rings. The lowest BCUT2D eigenvalue weighted by molar-refractivity contribution is -0.123. The van der Waals surface area contributed by atoms with Crippen LogP contribution in [0.15, 0.2) is 23.6 Å². The lowest BCUT2D eigenvalue weighted by atomic mass is 10.2. The highest BCUT2D eigenvalue weighted by molar-refractivity contribution is 7.99. The Hall–Kier alpha value is -1.14. The van der Waals surface area contributed by atoms with Crippen LogP contribution < -0.4 is 11.3 Å². The third kappa shape index (κ3) is 3.31. The molecule has 0 fully saturated rings. The molecule has 0 bridgehead atoms. The van der Waals surface area contributed by atoms with Crippen molar-refractivity contribution >= 4 is 17.7 Å². The maximum absolute atomic E-state index is 11.0. The average Bonchev–Trinajstić information content (AvgIpc) is 2.26. The summed E-state index contributed by atoms with van der Waals surface area (Å²) < 4.78 is 0. The van der Waals surface area contributed by atoms with E-state index >= 15 is 0 Å². The number of thioether (sulfide) groups is 1. The molecule has 76 valence electrons. The highest BCUT2D eigenvalue weighted by atomic mass is 32.2. The van der Waals surface area contributed by atoms with E-state index in [-0.39, 0.29) is 11.8 Å². The molecule has 0 aromatic carbocycles. The van der Waals surface area contributed by atoms with Crippen LogP contribution in [0.2, 0.25) is 0 Å². The van der Waals surface area contributed by atoms with Gasteiger partial charge in [-0.3, -0.25) is 15.2 Å². The molecule has 0 aliphatic carbocycles. The minimum absolute atomic E-state index is 0.132. The molecule has 0 spiro atoms. The summed E-state index contributed by atoms with van der Waals surface area (Å²) in [5, 5.41) is 0.809. The van der Waals surface area contributed by atoms with E-state index in [9.17, 15) is 4.79 Å². The minimum Gasteiger partial charge on any atom is -0.294 e. The fraction of sp³-hybridized carbons (Fsp3) is 0.375. The lowest BCUT2D eigenvalue weighted by Crippen LogP contribution is -2.35. The summed E-state index contributed by atoms with van der Waals surface area (Å²) in [4.78, 5) is 19.0. The van der Waals surface area contributed by atoms with Gasteiger partial charge in [-0.15, -0.1) is 11.8 Å². The average molecular weight is 212 g/mol. The quantitative estimate of drug-likeness (QED) is 0.322. The van der Waals surface area contributed by atoms with E-state index in [1.807, 2.05) is 6.92 Å². The molecule has 1 heterocycles. The summed E-state index contributed by atoms with van der Waals surface area (Å²) >= 11 is 1.48. The van der Waals surface area contributed by atoms with E-state index in [1.165, 1.54) is 11.8 Å². The van der Waals surface area contributed by atoms with Gasteiger partial charge < -0.3 is 0 Å². The van der Waals surface area contributed by atoms with Crippen LogP contribution in [0.25, 0.3) is 0 Å². The number of nitrogens with one attached hydrogen (secondary N) is 1. The third-order valence-electron chi connectivity index (χ3n) is 1.61. The second-order valence-corrected chi connectivity index (χ2v) is 3.80. The largest absolute Gasteiger partial charge is 0.294 e. The molecular weight excluding hydrogens is 200 g/mol. The van der Waals surface area contributed by atoms with Crippen LogP contribution in [-0.4, -0.2) is 21.6 Å². The number of hydrogen-bond acceptors (Lipinski definition) is 5.